The van der Waals surface area contributed by atoms with Crippen LogP contribution >= 0.6 is 12.4 Å². The van der Waals surface area contributed by atoms with Gasteiger partial charge in [0, 0.05) is 6.04 Å². The van der Waals surface area contributed by atoms with Gasteiger partial charge in [-0.2, -0.15) is 0 Å². The summed E-state index contributed by atoms with van der Waals surface area (Å²) in [5.41, 5.74) is 6.60. The minimum Gasteiger partial charge on any atom is -0.444 e. The molecular formula is C11H12ClFN2O. The molecule has 2 rings (SSSR count). The van der Waals surface area contributed by atoms with Crippen molar-refractivity contribution in [2.24, 2.45) is 5.73 Å². The van der Waals surface area contributed by atoms with Crippen LogP contribution in [0, 0.1) is 5.82 Å². The van der Waals surface area contributed by atoms with Crippen molar-refractivity contribution >= 4 is 12.4 Å². The van der Waals surface area contributed by atoms with Crippen molar-refractivity contribution in [1.29, 1.82) is 0 Å². The topological polar surface area (TPSA) is 52.0 Å². The van der Waals surface area contributed by atoms with Gasteiger partial charge in [-0.1, -0.05) is 12.1 Å². The second kappa shape index (κ2) is 5.09. The Bertz CT molecular complexity index is 471. The molecular weight excluding hydrogens is 231 g/mol. The molecule has 0 radical (unpaired) electrons. The number of halogens is 2. The van der Waals surface area contributed by atoms with Crippen LogP contribution in [0.4, 0.5) is 4.39 Å². The number of hydrogen-bond donors (Lipinski definition) is 1. The zero-order valence-corrected chi connectivity index (χ0v) is 9.50. The first-order valence-corrected chi connectivity index (χ1v) is 4.64. The van der Waals surface area contributed by atoms with E-state index in [1.807, 2.05) is 0 Å². The van der Waals surface area contributed by atoms with E-state index in [0.29, 0.717) is 11.3 Å². The fourth-order valence-electron chi connectivity index (χ4n) is 1.25. The summed E-state index contributed by atoms with van der Waals surface area (Å²) in [4.78, 5) is 4.11. The molecule has 0 unspecified atom stereocenters. The van der Waals surface area contributed by atoms with Crippen molar-refractivity contribution in [3.63, 3.8) is 0 Å². The van der Waals surface area contributed by atoms with Crippen molar-refractivity contribution in [2.45, 2.75) is 13.0 Å². The van der Waals surface area contributed by atoms with Crippen molar-refractivity contribution < 1.29 is 8.81 Å². The molecule has 0 aliphatic rings. The van der Waals surface area contributed by atoms with Gasteiger partial charge in [-0.3, -0.25) is 0 Å². The van der Waals surface area contributed by atoms with Crippen LogP contribution in [-0.2, 0) is 0 Å². The third kappa shape index (κ3) is 2.40. The average molecular weight is 243 g/mol. The van der Waals surface area contributed by atoms with Crippen LogP contribution in [0.25, 0.3) is 11.5 Å². The number of nitrogens with two attached hydrogens (primary N) is 1. The quantitative estimate of drug-likeness (QED) is 0.881. The number of benzene rings is 1. The smallest absolute Gasteiger partial charge is 0.229 e. The Morgan fingerprint density at radius 2 is 2.06 bits per heavy atom. The lowest BCUT2D eigenvalue weighted by Crippen LogP contribution is -2.04. The van der Waals surface area contributed by atoms with Crippen LogP contribution < -0.4 is 5.73 Å². The predicted molar refractivity (Wildman–Crippen MR) is 61.7 cm³/mol. The molecule has 0 saturated carbocycles. The predicted octanol–water partition coefficient (Wildman–Crippen LogP) is 2.92. The molecule has 2 N–H and O–H groups in total. The third-order valence-corrected chi connectivity index (χ3v) is 2.09. The van der Waals surface area contributed by atoms with Crippen molar-refractivity contribution in [3.8, 4) is 11.5 Å². The van der Waals surface area contributed by atoms with Gasteiger partial charge in [-0.05, 0) is 19.1 Å². The molecule has 1 aromatic carbocycles. The zero-order chi connectivity index (χ0) is 10.8. The van der Waals surface area contributed by atoms with Gasteiger partial charge < -0.3 is 10.2 Å². The SMILES string of the molecule is C[C@@H](N)c1coc(-c2ccccc2F)n1.Cl. The van der Waals surface area contributed by atoms with Gasteiger partial charge in [-0.15, -0.1) is 12.4 Å². The lowest BCUT2D eigenvalue weighted by atomic mass is 10.2. The van der Waals surface area contributed by atoms with Crippen LogP contribution in [-0.4, -0.2) is 4.98 Å². The van der Waals surface area contributed by atoms with E-state index in [1.165, 1.54) is 12.3 Å². The second-order valence-corrected chi connectivity index (χ2v) is 3.35. The maximum Gasteiger partial charge on any atom is 0.229 e. The fraction of sp³-hybridized carbons (Fsp3) is 0.182. The first-order valence-electron chi connectivity index (χ1n) is 4.64. The Balaban J connectivity index is 0.00000128. The van der Waals surface area contributed by atoms with Gasteiger partial charge in [0.05, 0.1) is 11.3 Å². The molecule has 0 bridgehead atoms. The Morgan fingerprint density at radius 1 is 1.38 bits per heavy atom. The van der Waals surface area contributed by atoms with Crippen molar-refractivity contribution in [2.75, 3.05) is 0 Å². The Kier molecular flexibility index (Phi) is 4.04. The standard InChI is InChI=1S/C11H11FN2O.ClH/c1-7(13)10-6-15-11(14-10)8-4-2-3-5-9(8)12;/h2-7H,13H2,1H3;1H/t7-;/m1./s1. The zero-order valence-electron chi connectivity index (χ0n) is 8.68. The van der Waals surface area contributed by atoms with Crippen LogP contribution in [0.2, 0.25) is 0 Å². The highest BCUT2D eigenvalue weighted by atomic mass is 35.5. The van der Waals surface area contributed by atoms with E-state index in [-0.39, 0.29) is 30.2 Å². The Morgan fingerprint density at radius 3 is 2.62 bits per heavy atom. The number of oxazole rings is 1. The number of aromatic nitrogens is 1. The minimum atomic E-state index is -0.351. The molecule has 1 atom stereocenters. The Hall–Kier alpha value is -1.39. The van der Waals surface area contributed by atoms with E-state index < -0.39 is 0 Å². The molecule has 3 nitrogen and oxygen atoms in total. The van der Waals surface area contributed by atoms with E-state index in [9.17, 15) is 4.39 Å². The summed E-state index contributed by atoms with van der Waals surface area (Å²) in [5, 5.41) is 0. The summed E-state index contributed by atoms with van der Waals surface area (Å²) in [7, 11) is 0. The summed E-state index contributed by atoms with van der Waals surface area (Å²) >= 11 is 0. The second-order valence-electron chi connectivity index (χ2n) is 3.35. The lowest BCUT2D eigenvalue weighted by molar-refractivity contribution is 0.559. The molecule has 0 saturated heterocycles. The monoisotopic (exact) mass is 242 g/mol. The number of hydrogen-bond acceptors (Lipinski definition) is 3. The summed E-state index contributed by atoms with van der Waals surface area (Å²) in [6, 6.07) is 6.12. The third-order valence-electron chi connectivity index (χ3n) is 2.09. The summed E-state index contributed by atoms with van der Waals surface area (Å²) in [6.07, 6.45) is 1.45. The molecule has 1 aromatic heterocycles. The number of nitrogens with zero attached hydrogens (tertiary/aromatic N) is 1. The molecule has 0 amide bonds. The summed E-state index contributed by atoms with van der Waals surface area (Å²) in [5.74, 6) is -0.0871. The molecule has 0 aliphatic heterocycles. The van der Waals surface area contributed by atoms with Gasteiger partial charge >= 0.3 is 0 Å². The maximum absolute atomic E-state index is 13.4. The molecule has 16 heavy (non-hydrogen) atoms. The lowest BCUT2D eigenvalue weighted by Gasteiger charge is -1.97. The van der Waals surface area contributed by atoms with Gasteiger partial charge in [0.2, 0.25) is 5.89 Å². The largest absolute Gasteiger partial charge is 0.444 e. The highest BCUT2D eigenvalue weighted by Gasteiger charge is 2.12. The van der Waals surface area contributed by atoms with Crippen LogP contribution in [0.3, 0.4) is 0 Å². The van der Waals surface area contributed by atoms with Crippen LogP contribution in [0.5, 0.6) is 0 Å². The van der Waals surface area contributed by atoms with E-state index in [1.54, 1.807) is 25.1 Å². The van der Waals surface area contributed by atoms with Gasteiger partial charge in [0.1, 0.15) is 12.1 Å². The van der Waals surface area contributed by atoms with E-state index in [0.717, 1.165) is 0 Å². The fourth-order valence-corrected chi connectivity index (χ4v) is 1.25. The highest BCUT2D eigenvalue weighted by molar-refractivity contribution is 5.85. The van der Waals surface area contributed by atoms with Crippen LogP contribution in [0.1, 0.15) is 18.7 Å². The molecule has 86 valence electrons. The van der Waals surface area contributed by atoms with Crippen molar-refractivity contribution in [1.82, 2.24) is 4.98 Å². The van der Waals surface area contributed by atoms with E-state index in [2.05, 4.69) is 4.98 Å². The molecule has 5 heteroatoms. The van der Waals surface area contributed by atoms with E-state index >= 15 is 0 Å². The Labute approximate surface area is 98.9 Å². The van der Waals surface area contributed by atoms with Crippen LogP contribution in [0.15, 0.2) is 34.9 Å². The van der Waals surface area contributed by atoms with E-state index in [4.69, 9.17) is 10.2 Å². The maximum atomic E-state index is 13.4. The number of rotatable bonds is 2. The first-order chi connectivity index (χ1) is 7.18. The van der Waals surface area contributed by atoms with Crippen molar-refractivity contribution in [3.05, 3.63) is 42.0 Å². The highest BCUT2D eigenvalue weighted by Crippen LogP contribution is 2.22. The first kappa shape index (κ1) is 12.7. The molecule has 2 aromatic rings. The van der Waals surface area contributed by atoms with Gasteiger partial charge in [-0.25, -0.2) is 9.37 Å². The summed E-state index contributed by atoms with van der Waals surface area (Å²) < 4.78 is 18.5. The molecule has 0 aliphatic carbocycles. The average Bonchev–Trinajstić information content (AvgIpc) is 2.67. The molecule has 0 spiro atoms. The minimum absolute atomic E-state index is 0. The molecule has 1 heterocycles. The van der Waals surface area contributed by atoms with Gasteiger partial charge in [0.15, 0.2) is 0 Å². The summed E-state index contributed by atoms with van der Waals surface area (Å²) in [6.45, 7) is 1.79. The molecule has 0 fully saturated rings. The normalized spacial score (nSPS) is 11.9. The van der Waals surface area contributed by atoms with Gasteiger partial charge in [0.25, 0.3) is 0 Å².